The van der Waals surface area contributed by atoms with Crippen molar-refractivity contribution in [3.05, 3.63) is 44.9 Å². The fraction of sp³-hybridized carbons (Fsp3) is 0.429. The molecule has 0 aliphatic carbocycles. The zero-order valence-corrected chi connectivity index (χ0v) is 19.0. The first-order valence-corrected chi connectivity index (χ1v) is 10.3. The number of methoxy groups -OCH3 is 1. The van der Waals surface area contributed by atoms with Crippen molar-refractivity contribution < 1.29 is 18.7 Å². The van der Waals surface area contributed by atoms with E-state index in [0.29, 0.717) is 5.69 Å². The number of nitrogens with two attached hydrogens (primary N) is 1. The maximum Gasteiger partial charge on any atom is 0.330 e. The smallest absolute Gasteiger partial charge is 0.330 e. The van der Waals surface area contributed by atoms with Crippen molar-refractivity contribution in [2.75, 3.05) is 48.1 Å². The fourth-order valence-electron chi connectivity index (χ4n) is 3.12. The number of aromatic amines is 1. The number of amides is 2. The molecular formula is C21H29FN6O5. The molecule has 12 heteroatoms. The number of halogens is 1. The number of hydrogen-bond donors (Lipinski definition) is 4. The maximum absolute atomic E-state index is 13.9. The van der Waals surface area contributed by atoms with Crippen molar-refractivity contribution in [2.24, 2.45) is 5.92 Å². The van der Waals surface area contributed by atoms with Crippen molar-refractivity contribution >= 4 is 34.7 Å². The first-order chi connectivity index (χ1) is 15.5. The number of anilines is 4. The Morgan fingerprint density at radius 2 is 2.00 bits per heavy atom. The van der Waals surface area contributed by atoms with E-state index in [2.05, 4.69) is 15.6 Å². The lowest BCUT2D eigenvalue weighted by atomic mass is 10.2. The number of benzene rings is 1. The van der Waals surface area contributed by atoms with Gasteiger partial charge in [-0.1, -0.05) is 13.8 Å². The summed E-state index contributed by atoms with van der Waals surface area (Å²) < 4.78 is 20.1. The van der Waals surface area contributed by atoms with Crippen molar-refractivity contribution in [2.45, 2.75) is 27.3 Å². The Bertz CT molecular complexity index is 1130. The zero-order chi connectivity index (χ0) is 24.7. The summed E-state index contributed by atoms with van der Waals surface area (Å²) in [6.07, 6.45) is 0. The van der Waals surface area contributed by atoms with E-state index in [4.69, 9.17) is 10.5 Å². The van der Waals surface area contributed by atoms with Crippen LogP contribution < -0.4 is 32.5 Å². The lowest BCUT2D eigenvalue weighted by Gasteiger charge is -2.25. The second-order valence-electron chi connectivity index (χ2n) is 7.77. The quantitative estimate of drug-likeness (QED) is 0.409. The molecule has 0 aliphatic rings. The van der Waals surface area contributed by atoms with Gasteiger partial charge in [0.05, 0.1) is 18.8 Å². The molecule has 180 valence electrons. The predicted octanol–water partition coefficient (Wildman–Crippen LogP) is 0.964. The van der Waals surface area contributed by atoms with Crippen LogP contribution in [0.1, 0.15) is 20.8 Å². The van der Waals surface area contributed by atoms with Crippen molar-refractivity contribution in [3.63, 3.8) is 0 Å². The number of nitrogens with zero attached hydrogens (tertiary/aromatic N) is 2. The Morgan fingerprint density at radius 3 is 2.61 bits per heavy atom. The molecule has 2 amide bonds. The van der Waals surface area contributed by atoms with Gasteiger partial charge in [-0.2, -0.15) is 0 Å². The van der Waals surface area contributed by atoms with Crippen LogP contribution in [-0.4, -0.2) is 48.2 Å². The lowest BCUT2D eigenvalue weighted by Crippen LogP contribution is -2.44. The lowest BCUT2D eigenvalue weighted by molar-refractivity contribution is -0.117. The molecule has 0 unspecified atom stereocenters. The molecule has 0 saturated carbocycles. The summed E-state index contributed by atoms with van der Waals surface area (Å²) in [5.41, 5.74) is 4.85. The van der Waals surface area contributed by atoms with Crippen LogP contribution in [0.25, 0.3) is 0 Å². The number of H-pyrrole nitrogens is 1. The molecule has 5 N–H and O–H groups in total. The normalized spacial score (nSPS) is 10.8. The summed E-state index contributed by atoms with van der Waals surface area (Å²) >= 11 is 0. The highest BCUT2D eigenvalue weighted by Gasteiger charge is 2.24. The van der Waals surface area contributed by atoms with Crippen LogP contribution in [-0.2, 0) is 20.9 Å². The summed E-state index contributed by atoms with van der Waals surface area (Å²) in [4.78, 5) is 52.4. The van der Waals surface area contributed by atoms with E-state index < -0.39 is 28.9 Å². The number of nitrogens with one attached hydrogen (secondary N) is 3. The fourth-order valence-corrected chi connectivity index (χ4v) is 3.12. The van der Waals surface area contributed by atoms with Gasteiger partial charge in [0.2, 0.25) is 11.8 Å². The highest BCUT2D eigenvalue weighted by molar-refractivity contribution is 5.98. The van der Waals surface area contributed by atoms with Gasteiger partial charge in [-0.15, -0.1) is 0 Å². The second kappa shape index (κ2) is 11.3. The van der Waals surface area contributed by atoms with E-state index in [0.717, 1.165) is 11.0 Å². The van der Waals surface area contributed by atoms with Gasteiger partial charge in [-0.05, 0) is 24.1 Å². The Morgan fingerprint density at radius 1 is 1.30 bits per heavy atom. The van der Waals surface area contributed by atoms with Gasteiger partial charge >= 0.3 is 5.69 Å². The van der Waals surface area contributed by atoms with E-state index in [9.17, 15) is 23.6 Å². The Kier molecular flexibility index (Phi) is 8.74. The van der Waals surface area contributed by atoms with Gasteiger partial charge < -0.3 is 26.0 Å². The highest BCUT2D eigenvalue weighted by atomic mass is 19.1. The van der Waals surface area contributed by atoms with Gasteiger partial charge in [0.15, 0.2) is 5.69 Å². The van der Waals surface area contributed by atoms with Crippen LogP contribution >= 0.6 is 0 Å². The standard InChI is InChI=1S/C21H29FN6O5/c1-12(2)11-28-19(23)18(20(31)26-21(28)32)27(7-8-33-4)17(30)10-24-14-5-6-15(22)16(9-14)25-13(3)29/h5-6,9,12,24H,7-8,10-11,23H2,1-4H3,(H,25,29)(H,26,31,32). The molecule has 0 bridgehead atoms. The van der Waals surface area contributed by atoms with Crippen LogP contribution in [0.2, 0.25) is 0 Å². The van der Waals surface area contributed by atoms with E-state index in [-0.39, 0.29) is 49.4 Å². The van der Waals surface area contributed by atoms with E-state index >= 15 is 0 Å². The van der Waals surface area contributed by atoms with Crippen LogP contribution in [0, 0.1) is 11.7 Å². The molecule has 1 heterocycles. The van der Waals surface area contributed by atoms with Crippen LogP contribution in [0.5, 0.6) is 0 Å². The van der Waals surface area contributed by atoms with Gasteiger partial charge in [0.25, 0.3) is 5.56 Å². The third kappa shape index (κ3) is 6.65. The highest BCUT2D eigenvalue weighted by Crippen LogP contribution is 2.21. The summed E-state index contributed by atoms with van der Waals surface area (Å²) in [6.45, 7) is 5.09. The monoisotopic (exact) mass is 464 g/mol. The molecule has 1 aromatic carbocycles. The number of hydrogen-bond acceptors (Lipinski definition) is 7. The minimum atomic E-state index is -0.795. The minimum absolute atomic E-state index is 0.00470. The molecule has 0 radical (unpaired) electrons. The summed E-state index contributed by atoms with van der Waals surface area (Å²) in [5.74, 6) is -1.68. The Labute approximate surface area is 189 Å². The van der Waals surface area contributed by atoms with Crippen LogP contribution in [0.15, 0.2) is 27.8 Å². The number of aromatic nitrogens is 2. The van der Waals surface area contributed by atoms with Crippen LogP contribution in [0.4, 0.5) is 27.3 Å². The zero-order valence-electron chi connectivity index (χ0n) is 19.0. The minimum Gasteiger partial charge on any atom is -0.383 e. The van der Waals surface area contributed by atoms with E-state index in [1.54, 1.807) is 0 Å². The predicted molar refractivity (Wildman–Crippen MR) is 124 cm³/mol. The van der Waals surface area contributed by atoms with Gasteiger partial charge in [-0.3, -0.25) is 23.9 Å². The molecule has 1 aromatic heterocycles. The SMILES string of the molecule is COCCN(C(=O)CNc1ccc(F)c(NC(C)=O)c1)c1c(N)n(CC(C)C)c(=O)[nH]c1=O. The maximum atomic E-state index is 13.9. The summed E-state index contributed by atoms with van der Waals surface area (Å²) in [7, 11) is 1.44. The van der Waals surface area contributed by atoms with Crippen LogP contribution in [0.3, 0.4) is 0 Å². The summed E-state index contributed by atoms with van der Waals surface area (Å²) in [6, 6.07) is 3.89. The Balaban J connectivity index is 2.34. The number of ether oxygens (including phenoxy) is 1. The van der Waals surface area contributed by atoms with Crippen molar-refractivity contribution in [1.82, 2.24) is 9.55 Å². The molecule has 0 fully saturated rings. The molecular weight excluding hydrogens is 435 g/mol. The molecule has 0 aliphatic heterocycles. The molecule has 0 saturated heterocycles. The van der Waals surface area contributed by atoms with E-state index in [1.807, 2.05) is 13.8 Å². The topological polar surface area (TPSA) is 152 Å². The largest absolute Gasteiger partial charge is 0.383 e. The van der Waals surface area contributed by atoms with Crippen molar-refractivity contribution in [1.29, 1.82) is 0 Å². The molecule has 2 rings (SSSR count). The third-order valence-electron chi connectivity index (χ3n) is 4.57. The number of carbonyl (C=O) groups excluding carboxylic acids is 2. The number of carbonyl (C=O) groups is 2. The number of nitrogen functional groups attached to an aromatic ring is 1. The Hall–Kier alpha value is -3.67. The molecule has 11 nitrogen and oxygen atoms in total. The number of rotatable bonds is 10. The average Bonchev–Trinajstić information content (AvgIpc) is 2.73. The average molecular weight is 464 g/mol. The first kappa shape index (κ1) is 25.6. The van der Waals surface area contributed by atoms with Gasteiger partial charge in [-0.25, -0.2) is 9.18 Å². The summed E-state index contributed by atoms with van der Waals surface area (Å²) in [5, 5.41) is 5.20. The third-order valence-corrected chi connectivity index (χ3v) is 4.57. The molecule has 2 aromatic rings. The second-order valence-corrected chi connectivity index (χ2v) is 7.77. The first-order valence-electron chi connectivity index (χ1n) is 10.3. The van der Waals surface area contributed by atoms with Crippen molar-refractivity contribution in [3.8, 4) is 0 Å². The molecule has 0 spiro atoms. The molecule has 33 heavy (non-hydrogen) atoms. The van der Waals surface area contributed by atoms with Gasteiger partial charge in [0, 0.05) is 32.8 Å². The molecule has 0 atom stereocenters. The van der Waals surface area contributed by atoms with E-state index in [1.165, 1.54) is 30.7 Å². The van der Waals surface area contributed by atoms with Gasteiger partial charge in [0.1, 0.15) is 11.6 Å².